The van der Waals surface area contributed by atoms with Crippen LogP contribution in [0.3, 0.4) is 0 Å². The molecule has 43 heavy (non-hydrogen) atoms. The number of hydrogen-bond acceptors (Lipinski definition) is 5. The van der Waals surface area contributed by atoms with E-state index in [0.717, 1.165) is 55.5 Å². The van der Waals surface area contributed by atoms with Gasteiger partial charge in [0.05, 0.1) is 29.4 Å². The predicted octanol–water partition coefficient (Wildman–Crippen LogP) is 6.78. The second-order valence-corrected chi connectivity index (χ2v) is 10.7. The Balaban J connectivity index is 1.95. The normalized spacial score (nSPS) is 13.0. The number of rotatable bonds is 9. The molecule has 9 nitrogen and oxygen atoms in total. The van der Waals surface area contributed by atoms with Crippen LogP contribution in [0.4, 0.5) is 0 Å². The first-order valence-corrected chi connectivity index (χ1v) is 14.0. The van der Waals surface area contributed by atoms with Gasteiger partial charge in [0.15, 0.2) is 0 Å². The molecule has 5 rings (SSSR count). The van der Waals surface area contributed by atoms with Gasteiger partial charge in [-0.25, -0.2) is 9.97 Å². The van der Waals surface area contributed by atoms with Gasteiger partial charge in [-0.05, 0) is 85.7 Å². The Morgan fingerprint density at radius 2 is 1.16 bits per heavy atom. The number of aliphatic hydroxyl groups is 1. The van der Waals surface area contributed by atoms with E-state index in [1.807, 2.05) is 45.0 Å². The van der Waals surface area contributed by atoms with E-state index in [1.165, 1.54) is 0 Å². The number of allylic oxidation sites excluding steroid dienone is 3. The number of H-pyrrole nitrogens is 2. The number of fused-ring (bicyclic) bond motifs is 8. The molecule has 3 aromatic heterocycles. The molecule has 0 aromatic carbocycles. The number of nitrogens with one attached hydrogen (secondary N) is 2. The maximum atomic E-state index is 11.5. The first-order chi connectivity index (χ1) is 20.6. The van der Waals surface area contributed by atoms with Gasteiger partial charge in [0.2, 0.25) is 0 Å². The Hall–Kier alpha value is -5.02. The van der Waals surface area contributed by atoms with Crippen molar-refractivity contribution in [2.24, 2.45) is 0 Å². The molecule has 0 atom stereocenters. The monoisotopic (exact) mass is 578 g/mol. The predicted molar refractivity (Wildman–Crippen MR) is 171 cm³/mol. The highest BCUT2D eigenvalue weighted by Gasteiger charge is 2.24. The van der Waals surface area contributed by atoms with E-state index in [-0.39, 0.29) is 32.3 Å². The van der Waals surface area contributed by atoms with Gasteiger partial charge in [-0.15, -0.1) is 0 Å². The summed E-state index contributed by atoms with van der Waals surface area (Å²) in [6, 6.07) is 7.59. The molecule has 0 saturated carbocycles. The van der Waals surface area contributed by atoms with Crippen LogP contribution < -0.4 is 0 Å². The van der Waals surface area contributed by atoms with Crippen LogP contribution in [0.1, 0.15) is 77.6 Å². The maximum Gasteiger partial charge on any atom is 0.303 e. The lowest BCUT2D eigenvalue weighted by atomic mass is 9.98. The number of aliphatic hydroxyl groups excluding tert-OH is 1. The molecule has 0 amide bonds. The third kappa shape index (κ3) is 5.47. The van der Waals surface area contributed by atoms with Gasteiger partial charge in [-0.1, -0.05) is 25.3 Å². The van der Waals surface area contributed by atoms with Crippen molar-refractivity contribution < 1.29 is 24.9 Å². The lowest BCUT2D eigenvalue weighted by Crippen LogP contribution is -1.98. The molecule has 9 heteroatoms. The van der Waals surface area contributed by atoms with E-state index in [4.69, 9.17) is 9.97 Å². The van der Waals surface area contributed by atoms with Crippen LogP contribution in [0.5, 0.6) is 0 Å². The lowest BCUT2D eigenvalue weighted by Gasteiger charge is -2.06. The van der Waals surface area contributed by atoms with Crippen LogP contribution in [0.15, 0.2) is 37.4 Å². The van der Waals surface area contributed by atoms with Crippen LogP contribution in [-0.2, 0) is 9.59 Å². The van der Waals surface area contributed by atoms with Crippen LogP contribution >= 0.6 is 0 Å². The minimum absolute atomic E-state index is 0.0755. The molecule has 220 valence electrons. The molecule has 8 bridgehead atoms. The molecule has 0 fully saturated rings. The fraction of sp³-hybridized carbons (Fsp3) is 0.235. The molecule has 0 unspecified atom stereocenters. The largest absolute Gasteiger partial charge is 0.481 e. The summed E-state index contributed by atoms with van der Waals surface area (Å²) in [5, 5.41) is 29.4. The van der Waals surface area contributed by atoms with E-state index < -0.39 is 11.9 Å². The summed E-state index contributed by atoms with van der Waals surface area (Å²) < 4.78 is 0. The van der Waals surface area contributed by atoms with E-state index in [9.17, 15) is 24.9 Å². The highest BCUT2D eigenvalue weighted by Crippen LogP contribution is 2.38. The number of aromatic nitrogens is 4. The van der Waals surface area contributed by atoms with E-state index in [0.29, 0.717) is 33.9 Å². The van der Waals surface area contributed by atoms with E-state index in [1.54, 1.807) is 12.1 Å². The molecule has 0 saturated heterocycles. The zero-order valence-corrected chi connectivity index (χ0v) is 24.5. The second-order valence-electron chi connectivity index (χ2n) is 10.7. The van der Waals surface area contributed by atoms with Crippen molar-refractivity contribution in [2.45, 2.75) is 46.5 Å². The van der Waals surface area contributed by atoms with Crippen molar-refractivity contribution in [3.63, 3.8) is 0 Å². The van der Waals surface area contributed by atoms with Gasteiger partial charge in [-0.2, -0.15) is 0 Å². The second kappa shape index (κ2) is 11.7. The molecule has 2 aliphatic rings. The summed E-state index contributed by atoms with van der Waals surface area (Å²) in [5.41, 5.74) is 12.1. The SMILES string of the molecule is C=Cc1c(C)c2cc3[nH]c(cc4nc(cc5nc(cc1[nH]2)C(CO)=C5CCC(=O)O)C(CCC(=O)O)=C4C)c(C)c3C=C. The number of carbonyl (C=O) groups is 2. The van der Waals surface area contributed by atoms with Crippen molar-refractivity contribution >= 4 is 68.4 Å². The molecule has 3 aromatic rings. The third-order valence-electron chi connectivity index (χ3n) is 8.21. The minimum Gasteiger partial charge on any atom is -0.481 e. The average Bonchev–Trinajstić information content (AvgIpc) is 3.63. The van der Waals surface area contributed by atoms with Crippen molar-refractivity contribution in [3.05, 3.63) is 82.5 Å². The number of carboxylic acids is 2. The van der Waals surface area contributed by atoms with Crippen molar-refractivity contribution in [3.8, 4) is 0 Å². The number of aromatic amines is 2. The summed E-state index contributed by atoms with van der Waals surface area (Å²) in [6.45, 7) is 13.6. The summed E-state index contributed by atoms with van der Waals surface area (Å²) in [6.07, 6.45) is 3.78. The molecule has 0 spiro atoms. The van der Waals surface area contributed by atoms with Gasteiger partial charge in [0.1, 0.15) is 0 Å². The van der Waals surface area contributed by atoms with Gasteiger partial charge in [0, 0.05) is 51.6 Å². The summed E-state index contributed by atoms with van der Waals surface area (Å²) in [5.74, 6) is -1.88. The average molecular weight is 579 g/mol. The van der Waals surface area contributed by atoms with Crippen molar-refractivity contribution in [2.75, 3.05) is 6.61 Å². The molecule has 5 heterocycles. The number of hydrogen-bond donors (Lipinski definition) is 5. The first-order valence-electron chi connectivity index (χ1n) is 14.0. The van der Waals surface area contributed by atoms with Gasteiger partial charge >= 0.3 is 11.9 Å². The molecule has 0 radical (unpaired) electrons. The highest BCUT2D eigenvalue weighted by molar-refractivity contribution is 5.97. The number of aliphatic carboxylic acids is 2. The maximum absolute atomic E-state index is 11.5. The number of aryl methyl sites for hydroxylation is 2. The van der Waals surface area contributed by atoms with Crippen LogP contribution in [0.2, 0.25) is 0 Å². The van der Waals surface area contributed by atoms with E-state index in [2.05, 4.69) is 23.1 Å². The minimum atomic E-state index is -0.963. The van der Waals surface area contributed by atoms with Crippen molar-refractivity contribution in [1.29, 1.82) is 0 Å². The van der Waals surface area contributed by atoms with Gasteiger partial charge in [-0.3, -0.25) is 9.59 Å². The van der Waals surface area contributed by atoms with Gasteiger partial charge in [0.25, 0.3) is 0 Å². The Morgan fingerprint density at radius 3 is 1.72 bits per heavy atom. The Bertz CT molecular complexity index is 1940. The molecule has 5 N–H and O–H groups in total. The molecular formula is C34H34N4O5. The summed E-state index contributed by atoms with van der Waals surface area (Å²) in [7, 11) is 0. The summed E-state index contributed by atoms with van der Waals surface area (Å²) >= 11 is 0. The zero-order valence-electron chi connectivity index (χ0n) is 24.5. The number of nitrogens with zero attached hydrogens (tertiary/aromatic N) is 2. The fourth-order valence-corrected chi connectivity index (χ4v) is 5.83. The van der Waals surface area contributed by atoms with Crippen LogP contribution in [0.25, 0.3) is 56.5 Å². The Morgan fingerprint density at radius 1 is 0.698 bits per heavy atom. The Kier molecular flexibility index (Phi) is 8.02. The smallest absolute Gasteiger partial charge is 0.303 e. The molecule has 0 aliphatic carbocycles. The third-order valence-corrected chi connectivity index (χ3v) is 8.21. The molecular weight excluding hydrogens is 544 g/mol. The summed E-state index contributed by atoms with van der Waals surface area (Å²) in [4.78, 5) is 39.9. The van der Waals surface area contributed by atoms with Crippen LogP contribution in [-0.4, -0.2) is 53.8 Å². The fourth-order valence-electron chi connectivity index (χ4n) is 5.83. The Labute approximate surface area is 248 Å². The first kappa shape index (κ1) is 29.5. The van der Waals surface area contributed by atoms with Crippen molar-refractivity contribution in [1.82, 2.24) is 19.9 Å². The van der Waals surface area contributed by atoms with Gasteiger partial charge < -0.3 is 25.3 Å². The zero-order chi connectivity index (χ0) is 31.0. The topological polar surface area (TPSA) is 152 Å². The lowest BCUT2D eigenvalue weighted by molar-refractivity contribution is -0.137. The van der Waals surface area contributed by atoms with Crippen LogP contribution in [0, 0.1) is 13.8 Å². The van der Waals surface area contributed by atoms with E-state index >= 15 is 0 Å². The number of carboxylic acid groups (broad SMARTS) is 2. The quantitative estimate of drug-likeness (QED) is 0.188. The molecule has 2 aliphatic heterocycles. The standard InChI is InChI=1S/C34H34N4O5/c1-6-20-17(3)25-12-26-19(5)22(8-10-33(40)41)30(37-26)15-31-23(9-11-34(42)43)24(16-39)32(38-31)14-29-21(7-2)18(4)27(36-29)13-28(20)35-25/h6-7,12-15,35-36,39H,1-2,8-11,16H2,3-5H3,(H,40,41)(H,42,43). The highest BCUT2D eigenvalue weighted by atomic mass is 16.4.